The average molecular weight is 196 g/mol. The van der Waals surface area contributed by atoms with Crippen LogP contribution in [0, 0.1) is 0 Å². The fraction of sp³-hybridized carbons (Fsp3) is 0.333. The van der Waals surface area contributed by atoms with E-state index in [9.17, 15) is 4.79 Å². The van der Waals surface area contributed by atoms with Gasteiger partial charge in [-0.3, -0.25) is 0 Å². The van der Waals surface area contributed by atoms with Crippen LogP contribution < -0.4 is 5.32 Å². The Morgan fingerprint density at radius 3 is 2.79 bits per heavy atom. The summed E-state index contributed by atoms with van der Waals surface area (Å²) in [4.78, 5) is 14.2. The number of aromatic carboxylic acids is 1. The maximum atomic E-state index is 10.5. The van der Waals surface area contributed by atoms with E-state index in [0.717, 1.165) is 0 Å². The first-order valence-electron chi connectivity index (χ1n) is 4.21. The molecule has 0 aromatic carbocycles. The van der Waals surface area contributed by atoms with E-state index < -0.39 is 12.1 Å². The molecule has 1 atom stereocenters. The zero-order valence-corrected chi connectivity index (χ0v) is 7.77. The summed E-state index contributed by atoms with van der Waals surface area (Å²) in [6.45, 7) is 2.07. The molecule has 0 radical (unpaired) electrons. The lowest BCUT2D eigenvalue weighted by atomic mass is 10.3. The molecular weight excluding hydrogens is 184 g/mol. The highest BCUT2D eigenvalue weighted by atomic mass is 16.4. The van der Waals surface area contributed by atoms with Crippen LogP contribution in [0.15, 0.2) is 18.3 Å². The van der Waals surface area contributed by atoms with Crippen molar-refractivity contribution in [2.45, 2.75) is 13.0 Å². The van der Waals surface area contributed by atoms with Crippen molar-refractivity contribution in [3.05, 3.63) is 24.0 Å². The van der Waals surface area contributed by atoms with Crippen LogP contribution in [0.1, 0.15) is 17.4 Å². The SMILES string of the molecule is CC(O)CNc1ccc(C(=O)O)nc1. The summed E-state index contributed by atoms with van der Waals surface area (Å²) in [7, 11) is 0. The smallest absolute Gasteiger partial charge is 0.354 e. The Morgan fingerprint density at radius 2 is 2.36 bits per heavy atom. The standard InChI is InChI=1S/C9H12N2O3/c1-6(12)4-10-7-2-3-8(9(13)14)11-5-7/h2-3,5-6,10,12H,4H2,1H3,(H,13,14). The van der Waals surface area contributed by atoms with Crippen LogP contribution in [-0.2, 0) is 0 Å². The number of carboxylic acid groups (broad SMARTS) is 1. The maximum Gasteiger partial charge on any atom is 0.354 e. The number of pyridine rings is 1. The fourth-order valence-corrected chi connectivity index (χ4v) is 0.890. The summed E-state index contributed by atoms with van der Waals surface area (Å²) in [6.07, 6.45) is 0.973. The molecule has 0 aliphatic carbocycles. The molecule has 1 aromatic rings. The number of hydrogen-bond donors (Lipinski definition) is 3. The predicted molar refractivity (Wildman–Crippen MR) is 51.4 cm³/mol. The summed E-state index contributed by atoms with van der Waals surface area (Å²) in [5.74, 6) is -1.05. The van der Waals surface area contributed by atoms with Gasteiger partial charge < -0.3 is 15.5 Å². The molecule has 0 aliphatic heterocycles. The summed E-state index contributed by atoms with van der Waals surface area (Å²) in [5, 5.41) is 20.5. The number of aromatic nitrogens is 1. The van der Waals surface area contributed by atoms with E-state index in [0.29, 0.717) is 12.2 Å². The molecule has 1 aromatic heterocycles. The Morgan fingerprint density at radius 1 is 1.64 bits per heavy atom. The number of hydrogen-bond acceptors (Lipinski definition) is 4. The minimum absolute atomic E-state index is 0.00703. The minimum Gasteiger partial charge on any atom is -0.477 e. The first kappa shape index (κ1) is 10.5. The largest absolute Gasteiger partial charge is 0.477 e. The highest BCUT2D eigenvalue weighted by Gasteiger charge is 2.03. The molecule has 14 heavy (non-hydrogen) atoms. The third kappa shape index (κ3) is 3.02. The van der Waals surface area contributed by atoms with Gasteiger partial charge in [-0.05, 0) is 19.1 Å². The van der Waals surface area contributed by atoms with Crippen molar-refractivity contribution in [3.8, 4) is 0 Å². The Balaban J connectivity index is 2.60. The first-order valence-corrected chi connectivity index (χ1v) is 4.21. The molecule has 1 rings (SSSR count). The topological polar surface area (TPSA) is 82.5 Å². The molecule has 5 nitrogen and oxygen atoms in total. The van der Waals surface area contributed by atoms with Crippen LogP contribution in [0.2, 0.25) is 0 Å². The molecule has 3 N–H and O–H groups in total. The van der Waals surface area contributed by atoms with Crippen LogP contribution in [0.3, 0.4) is 0 Å². The van der Waals surface area contributed by atoms with Gasteiger partial charge in [0.15, 0.2) is 0 Å². The van der Waals surface area contributed by atoms with Gasteiger partial charge in [-0.25, -0.2) is 9.78 Å². The Bertz CT molecular complexity index is 308. The van der Waals surface area contributed by atoms with Crippen molar-refractivity contribution >= 4 is 11.7 Å². The zero-order valence-electron chi connectivity index (χ0n) is 7.77. The van der Waals surface area contributed by atoms with Crippen molar-refractivity contribution in [2.75, 3.05) is 11.9 Å². The van der Waals surface area contributed by atoms with Crippen molar-refractivity contribution in [1.29, 1.82) is 0 Å². The normalized spacial score (nSPS) is 12.1. The lowest BCUT2D eigenvalue weighted by Gasteiger charge is -2.07. The molecule has 0 bridgehead atoms. The number of nitrogens with one attached hydrogen (secondary N) is 1. The lowest BCUT2D eigenvalue weighted by Crippen LogP contribution is -2.15. The van der Waals surface area contributed by atoms with Crippen LogP contribution in [-0.4, -0.2) is 33.8 Å². The van der Waals surface area contributed by atoms with E-state index in [1.165, 1.54) is 12.3 Å². The zero-order chi connectivity index (χ0) is 10.6. The van der Waals surface area contributed by atoms with Gasteiger partial charge in [-0.2, -0.15) is 0 Å². The van der Waals surface area contributed by atoms with Gasteiger partial charge in [0, 0.05) is 6.54 Å². The van der Waals surface area contributed by atoms with Crippen LogP contribution >= 0.6 is 0 Å². The van der Waals surface area contributed by atoms with Gasteiger partial charge in [-0.1, -0.05) is 0 Å². The highest BCUT2D eigenvalue weighted by molar-refractivity contribution is 5.85. The molecule has 0 saturated carbocycles. The maximum absolute atomic E-state index is 10.5. The van der Waals surface area contributed by atoms with Crippen molar-refractivity contribution in [2.24, 2.45) is 0 Å². The van der Waals surface area contributed by atoms with Crippen LogP contribution in [0.25, 0.3) is 0 Å². The van der Waals surface area contributed by atoms with E-state index >= 15 is 0 Å². The number of anilines is 1. The molecule has 0 spiro atoms. The third-order valence-corrected chi connectivity index (χ3v) is 1.58. The van der Waals surface area contributed by atoms with E-state index in [2.05, 4.69) is 10.3 Å². The van der Waals surface area contributed by atoms with Crippen molar-refractivity contribution < 1.29 is 15.0 Å². The van der Waals surface area contributed by atoms with Gasteiger partial charge in [-0.15, -0.1) is 0 Å². The Labute approximate surface area is 81.4 Å². The number of rotatable bonds is 4. The molecule has 1 heterocycles. The van der Waals surface area contributed by atoms with Gasteiger partial charge in [0.25, 0.3) is 0 Å². The summed E-state index contributed by atoms with van der Waals surface area (Å²) >= 11 is 0. The number of carboxylic acids is 1. The molecule has 0 fully saturated rings. The van der Waals surface area contributed by atoms with Gasteiger partial charge >= 0.3 is 5.97 Å². The summed E-state index contributed by atoms with van der Waals surface area (Å²) < 4.78 is 0. The number of nitrogens with zero attached hydrogens (tertiary/aromatic N) is 1. The number of aliphatic hydroxyl groups is 1. The van der Waals surface area contributed by atoms with Gasteiger partial charge in [0.2, 0.25) is 0 Å². The second-order valence-corrected chi connectivity index (χ2v) is 2.97. The molecular formula is C9H12N2O3. The second-order valence-electron chi connectivity index (χ2n) is 2.97. The van der Waals surface area contributed by atoms with Crippen molar-refractivity contribution in [1.82, 2.24) is 4.98 Å². The van der Waals surface area contributed by atoms with Gasteiger partial charge in [0.05, 0.1) is 18.0 Å². The van der Waals surface area contributed by atoms with E-state index in [1.54, 1.807) is 13.0 Å². The van der Waals surface area contributed by atoms with E-state index in [1.807, 2.05) is 0 Å². The average Bonchev–Trinajstić information content (AvgIpc) is 2.15. The lowest BCUT2D eigenvalue weighted by molar-refractivity contribution is 0.0690. The fourth-order valence-electron chi connectivity index (χ4n) is 0.890. The highest BCUT2D eigenvalue weighted by Crippen LogP contribution is 2.05. The van der Waals surface area contributed by atoms with Crippen molar-refractivity contribution in [3.63, 3.8) is 0 Å². The molecule has 5 heteroatoms. The third-order valence-electron chi connectivity index (χ3n) is 1.58. The number of carbonyl (C=O) groups is 1. The molecule has 76 valence electrons. The van der Waals surface area contributed by atoms with Crippen LogP contribution in [0.4, 0.5) is 5.69 Å². The minimum atomic E-state index is -1.05. The second kappa shape index (κ2) is 4.57. The molecule has 1 unspecified atom stereocenters. The molecule has 0 aliphatic rings. The summed E-state index contributed by atoms with van der Waals surface area (Å²) in [6, 6.07) is 3.02. The first-order chi connectivity index (χ1) is 6.59. The summed E-state index contributed by atoms with van der Waals surface area (Å²) in [5.41, 5.74) is 0.698. The molecule has 0 saturated heterocycles. The molecule has 0 amide bonds. The monoisotopic (exact) mass is 196 g/mol. The Kier molecular flexibility index (Phi) is 3.41. The van der Waals surface area contributed by atoms with E-state index in [4.69, 9.17) is 10.2 Å². The predicted octanol–water partition coefficient (Wildman–Crippen LogP) is 0.573. The Hall–Kier alpha value is -1.62. The van der Waals surface area contributed by atoms with Crippen LogP contribution in [0.5, 0.6) is 0 Å². The van der Waals surface area contributed by atoms with E-state index in [-0.39, 0.29) is 5.69 Å². The quantitative estimate of drug-likeness (QED) is 0.655. The number of aliphatic hydroxyl groups excluding tert-OH is 1. The van der Waals surface area contributed by atoms with Gasteiger partial charge in [0.1, 0.15) is 5.69 Å².